The normalized spacial score (nSPS) is 18.5. The maximum absolute atomic E-state index is 14.8. The third kappa shape index (κ3) is 5.97. The SMILES string of the molecule is CS(=O)(=O)N1CCC(Nc2ncc3c(n2)N(Cc2ccc(-c4cccc(S(N)(=O)=O)c4F)nc2)C(O)C=C3)CC1. The zero-order valence-electron chi connectivity index (χ0n) is 21.5. The summed E-state index contributed by atoms with van der Waals surface area (Å²) < 4.78 is 63.2. The lowest BCUT2D eigenvalue weighted by Gasteiger charge is -2.33. The van der Waals surface area contributed by atoms with Crippen molar-refractivity contribution in [2.45, 2.75) is 36.6 Å². The predicted octanol–water partition coefficient (Wildman–Crippen LogP) is 1.51. The Bertz CT molecular complexity index is 1660. The van der Waals surface area contributed by atoms with Gasteiger partial charge in [0.15, 0.2) is 5.82 Å². The molecule has 0 spiro atoms. The van der Waals surface area contributed by atoms with Gasteiger partial charge in [0.2, 0.25) is 26.0 Å². The van der Waals surface area contributed by atoms with Crippen LogP contribution in [0.3, 0.4) is 0 Å². The summed E-state index contributed by atoms with van der Waals surface area (Å²) in [5.74, 6) is -0.116. The number of nitrogens with two attached hydrogens (primary N) is 1. The third-order valence-corrected chi connectivity index (χ3v) is 9.05. The first-order valence-corrected chi connectivity index (χ1v) is 15.8. The number of nitrogens with one attached hydrogen (secondary N) is 1. The first-order chi connectivity index (χ1) is 18.9. The topological polar surface area (TPSA) is 172 Å². The van der Waals surface area contributed by atoms with Crippen molar-refractivity contribution in [3.8, 4) is 11.3 Å². The number of hydrogen-bond acceptors (Lipinski definition) is 10. The zero-order chi connectivity index (χ0) is 28.7. The van der Waals surface area contributed by atoms with E-state index in [9.17, 15) is 26.3 Å². The maximum Gasteiger partial charge on any atom is 0.240 e. The fourth-order valence-corrected chi connectivity index (χ4v) is 6.21. The fraction of sp³-hybridized carbons (Fsp3) is 0.320. The van der Waals surface area contributed by atoms with Crippen molar-refractivity contribution in [1.82, 2.24) is 19.3 Å². The Morgan fingerprint density at radius 3 is 2.50 bits per heavy atom. The second kappa shape index (κ2) is 10.8. The highest BCUT2D eigenvalue weighted by Gasteiger charge is 2.27. The van der Waals surface area contributed by atoms with Gasteiger partial charge in [-0.3, -0.25) is 4.98 Å². The second-order valence-electron chi connectivity index (χ2n) is 9.67. The van der Waals surface area contributed by atoms with Crippen molar-refractivity contribution in [2.75, 3.05) is 29.6 Å². The van der Waals surface area contributed by atoms with Gasteiger partial charge in [-0.2, -0.15) is 4.98 Å². The molecule has 2 aromatic heterocycles. The van der Waals surface area contributed by atoms with E-state index in [1.165, 1.54) is 28.9 Å². The number of aliphatic hydroxyl groups excluding tert-OH is 1. The van der Waals surface area contributed by atoms with Crippen molar-refractivity contribution in [3.05, 3.63) is 65.7 Å². The van der Waals surface area contributed by atoms with Crippen LogP contribution in [0.1, 0.15) is 24.0 Å². The second-order valence-corrected chi connectivity index (χ2v) is 13.2. The minimum Gasteiger partial charge on any atom is -0.370 e. The van der Waals surface area contributed by atoms with Crippen LogP contribution in [0.25, 0.3) is 17.3 Å². The maximum atomic E-state index is 14.8. The number of halogens is 1. The molecule has 40 heavy (non-hydrogen) atoms. The van der Waals surface area contributed by atoms with Gasteiger partial charge in [-0.15, -0.1) is 0 Å². The molecule has 0 bridgehead atoms. The third-order valence-electron chi connectivity index (χ3n) is 6.81. The molecular weight excluding hydrogens is 561 g/mol. The number of aliphatic hydroxyl groups is 1. The number of hydrogen-bond donors (Lipinski definition) is 3. The Morgan fingerprint density at radius 2 is 1.85 bits per heavy atom. The number of nitrogens with zero attached hydrogens (tertiary/aromatic N) is 5. The Balaban J connectivity index is 1.33. The molecule has 5 rings (SSSR count). The van der Waals surface area contributed by atoms with Gasteiger partial charge in [-0.25, -0.2) is 35.7 Å². The molecule has 3 aromatic rings. The lowest BCUT2D eigenvalue weighted by atomic mass is 10.1. The van der Waals surface area contributed by atoms with Gasteiger partial charge < -0.3 is 15.3 Å². The Labute approximate surface area is 231 Å². The van der Waals surface area contributed by atoms with Gasteiger partial charge >= 0.3 is 0 Å². The number of sulfonamides is 2. The van der Waals surface area contributed by atoms with Crippen LogP contribution in [0.5, 0.6) is 0 Å². The van der Waals surface area contributed by atoms with Crippen LogP contribution in [0.2, 0.25) is 0 Å². The number of aromatic nitrogens is 3. The summed E-state index contributed by atoms with van der Waals surface area (Å²) in [4.78, 5) is 14.4. The summed E-state index contributed by atoms with van der Waals surface area (Å²) in [6.07, 6.45) is 7.94. The molecule has 1 aromatic carbocycles. The van der Waals surface area contributed by atoms with Crippen molar-refractivity contribution < 1.29 is 26.3 Å². The summed E-state index contributed by atoms with van der Waals surface area (Å²) >= 11 is 0. The first kappa shape index (κ1) is 28.0. The van der Waals surface area contributed by atoms with Crippen LogP contribution < -0.4 is 15.4 Å². The molecule has 0 saturated carbocycles. The van der Waals surface area contributed by atoms with E-state index in [0.717, 1.165) is 6.07 Å². The Kier molecular flexibility index (Phi) is 7.58. The molecular formula is C25H28FN7O5S2. The van der Waals surface area contributed by atoms with Crippen LogP contribution in [0, 0.1) is 5.82 Å². The number of piperidine rings is 1. The molecule has 12 nitrogen and oxygen atoms in total. The molecule has 0 radical (unpaired) electrons. The molecule has 4 N–H and O–H groups in total. The monoisotopic (exact) mass is 589 g/mol. The van der Waals surface area contributed by atoms with E-state index in [1.807, 2.05) is 0 Å². The van der Waals surface area contributed by atoms with E-state index >= 15 is 0 Å². The summed E-state index contributed by atoms with van der Waals surface area (Å²) in [6, 6.07) is 7.16. The number of pyridine rings is 1. The standard InChI is InChI=1S/C25H28FN7O5S2/c1-39(35,36)32-11-9-18(10-12-32)30-25-29-14-17-6-8-22(34)33(24(17)31-25)15-16-5-7-20(28-13-16)19-3-2-4-21(23(19)26)40(27,37)38/h2-8,13-14,18,22,34H,9-12,15H2,1H3,(H2,27,37,38)(H,29,30,31). The largest absolute Gasteiger partial charge is 0.370 e. The van der Waals surface area contributed by atoms with Gasteiger partial charge in [0.1, 0.15) is 16.9 Å². The minimum atomic E-state index is -4.23. The number of fused-ring (bicyclic) bond motifs is 1. The van der Waals surface area contributed by atoms with Crippen LogP contribution in [-0.4, -0.2) is 72.8 Å². The van der Waals surface area contributed by atoms with E-state index in [0.29, 0.717) is 48.8 Å². The van der Waals surface area contributed by atoms with Crippen molar-refractivity contribution >= 4 is 37.9 Å². The average Bonchev–Trinajstić information content (AvgIpc) is 2.90. The molecule has 1 unspecified atom stereocenters. The van der Waals surface area contributed by atoms with Gasteiger partial charge in [0.25, 0.3) is 0 Å². The molecule has 0 aliphatic carbocycles. The number of anilines is 2. The van der Waals surface area contributed by atoms with Crippen molar-refractivity contribution in [3.63, 3.8) is 0 Å². The van der Waals surface area contributed by atoms with Crippen molar-refractivity contribution in [2.24, 2.45) is 5.14 Å². The van der Waals surface area contributed by atoms with E-state index in [1.54, 1.807) is 35.4 Å². The molecule has 0 amide bonds. The average molecular weight is 590 g/mol. The van der Waals surface area contributed by atoms with Crippen LogP contribution in [0.15, 0.2) is 53.7 Å². The number of benzene rings is 1. The van der Waals surface area contributed by atoms with Crippen molar-refractivity contribution in [1.29, 1.82) is 0 Å². The molecule has 15 heteroatoms. The van der Waals surface area contributed by atoms with E-state index in [4.69, 9.17) is 5.14 Å². The molecule has 1 saturated heterocycles. The highest BCUT2D eigenvalue weighted by Crippen LogP contribution is 2.30. The van der Waals surface area contributed by atoms with Gasteiger partial charge in [0, 0.05) is 49.2 Å². The molecule has 2 aliphatic heterocycles. The molecule has 212 valence electrons. The van der Waals surface area contributed by atoms with E-state index in [2.05, 4.69) is 20.3 Å². The number of rotatable bonds is 7. The van der Waals surface area contributed by atoms with Crippen LogP contribution in [0.4, 0.5) is 16.2 Å². The molecule has 4 heterocycles. The molecule has 1 atom stereocenters. The summed E-state index contributed by atoms with van der Waals surface area (Å²) in [5, 5.41) is 19.1. The van der Waals surface area contributed by atoms with Crippen LogP contribution in [-0.2, 0) is 26.6 Å². The lowest BCUT2D eigenvalue weighted by molar-refractivity contribution is 0.213. The molecule has 2 aliphatic rings. The highest BCUT2D eigenvalue weighted by molar-refractivity contribution is 7.89. The summed E-state index contributed by atoms with van der Waals surface area (Å²) in [6.45, 7) is 1.04. The van der Waals surface area contributed by atoms with E-state index in [-0.39, 0.29) is 23.8 Å². The van der Waals surface area contributed by atoms with Gasteiger partial charge in [-0.05, 0) is 48.8 Å². The first-order valence-electron chi connectivity index (χ1n) is 12.4. The van der Waals surface area contributed by atoms with Gasteiger partial charge in [-0.1, -0.05) is 12.1 Å². The minimum absolute atomic E-state index is 0.00143. The highest BCUT2D eigenvalue weighted by atomic mass is 32.2. The van der Waals surface area contributed by atoms with Crippen LogP contribution >= 0.6 is 0 Å². The zero-order valence-corrected chi connectivity index (χ0v) is 23.1. The van der Waals surface area contributed by atoms with Gasteiger partial charge in [0.05, 0.1) is 11.9 Å². The summed E-state index contributed by atoms with van der Waals surface area (Å²) in [7, 11) is -7.46. The Morgan fingerprint density at radius 1 is 1.10 bits per heavy atom. The number of primary sulfonamides is 1. The Hall–Kier alpha value is -3.50. The van der Waals surface area contributed by atoms with E-state index < -0.39 is 37.0 Å². The molecule has 1 fully saturated rings. The summed E-state index contributed by atoms with van der Waals surface area (Å²) in [5.41, 5.74) is 1.61. The smallest absolute Gasteiger partial charge is 0.240 e. The quantitative estimate of drug-likeness (QED) is 0.367. The predicted molar refractivity (Wildman–Crippen MR) is 147 cm³/mol. The lowest BCUT2D eigenvalue weighted by Crippen LogP contribution is -2.42. The fourth-order valence-electron chi connectivity index (χ4n) is 4.70.